The number of halogens is 3. The van der Waals surface area contributed by atoms with Gasteiger partial charge in [0.1, 0.15) is 5.82 Å². The van der Waals surface area contributed by atoms with E-state index >= 15 is 0 Å². The third-order valence-corrected chi connectivity index (χ3v) is 4.51. The maximum Gasteiger partial charge on any atom is 0.433 e. The number of rotatable bonds is 7. The Bertz CT molecular complexity index is 827. The van der Waals surface area contributed by atoms with E-state index in [0.717, 1.165) is 18.9 Å². The summed E-state index contributed by atoms with van der Waals surface area (Å²) in [5.41, 5.74) is -0.693. The molecule has 2 aromatic heterocycles. The number of hydrogen-bond acceptors (Lipinski definition) is 7. The molecule has 0 bridgehead atoms. The highest BCUT2D eigenvalue weighted by Gasteiger charge is 2.34. The molecular formula is C19H21F3N4O3. The Morgan fingerprint density at radius 3 is 2.83 bits per heavy atom. The zero-order chi connectivity index (χ0) is 20.9. The number of nitrogens with zero attached hydrogens (tertiary/aromatic N) is 4. The molecule has 1 saturated heterocycles. The van der Waals surface area contributed by atoms with Crippen LogP contribution in [0.15, 0.2) is 30.6 Å². The van der Waals surface area contributed by atoms with Crippen LogP contribution in [0.1, 0.15) is 25.0 Å². The van der Waals surface area contributed by atoms with Crippen LogP contribution in [0.25, 0.3) is 11.4 Å². The lowest BCUT2D eigenvalue weighted by atomic mass is 10.2. The van der Waals surface area contributed by atoms with E-state index in [9.17, 15) is 18.0 Å². The summed E-state index contributed by atoms with van der Waals surface area (Å²) in [7, 11) is 1.26. The molecule has 1 aliphatic heterocycles. The number of hydrogen-bond donors (Lipinski definition) is 0. The molecule has 0 aliphatic carbocycles. The van der Waals surface area contributed by atoms with Crippen molar-refractivity contribution in [3.63, 3.8) is 0 Å². The number of ether oxygens (including phenoxy) is 2. The normalized spacial score (nSPS) is 16.6. The molecule has 0 saturated carbocycles. The number of methoxy groups -OCH3 is 1. The van der Waals surface area contributed by atoms with Crippen LogP contribution in [0.2, 0.25) is 0 Å². The number of anilines is 1. The van der Waals surface area contributed by atoms with Crippen LogP contribution in [0.4, 0.5) is 19.0 Å². The number of carbonyl (C=O) groups is 1. The van der Waals surface area contributed by atoms with Crippen LogP contribution in [-0.2, 0) is 20.4 Å². The highest BCUT2D eigenvalue weighted by atomic mass is 19.4. The second kappa shape index (κ2) is 9.17. The van der Waals surface area contributed by atoms with Crippen molar-refractivity contribution in [2.45, 2.75) is 31.5 Å². The molecule has 0 N–H and O–H groups in total. The van der Waals surface area contributed by atoms with Gasteiger partial charge in [-0.1, -0.05) is 0 Å². The standard InChI is InChI=1S/C19H21F3N4O3/c1-28-17(27)6-8-26(12-14-5-3-9-29-14)16-10-15(19(20,21)22)24-18(25-16)13-4-2-7-23-11-13/h2,4,7,10-11,14H,3,5-6,8-9,12H2,1H3. The first-order valence-electron chi connectivity index (χ1n) is 9.17. The van der Waals surface area contributed by atoms with Gasteiger partial charge in [-0.2, -0.15) is 13.2 Å². The van der Waals surface area contributed by atoms with Crippen molar-refractivity contribution >= 4 is 11.8 Å². The van der Waals surface area contributed by atoms with Crippen molar-refractivity contribution in [3.05, 3.63) is 36.3 Å². The lowest BCUT2D eigenvalue weighted by Crippen LogP contribution is -2.35. The molecule has 29 heavy (non-hydrogen) atoms. The minimum atomic E-state index is -4.65. The number of alkyl halides is 3. The molecule has 10 heteroatoms. The van der Waals surface area contributed by atoms with Gasteiger partial charge in [0, 0.05) is 43.7 Å². The van der Waals surface area contributed by atoms with Gasteiger partial charge >= 0.3 is 12.1 Å². The van der Waals surface area contributed by atoms with E-state index in [4.69, 9.17) is 4.74 Å². The summed E-state index contributed by atoms with van der Waals surface area (Å²) in [6, 6.07) is 4.08. The van der Waals surface area contributed by atoms with Crippen molar-refractivity contribution in [1.82, 2.24) is 15.0 Å². The van der Waals surface area contributed by atoms with E-state index in [1.54, 1.807) is 17.0 Å². The van der Waals surface area contributed by atoms with Gasteiger partial charge in [-0.25, -0.2) is 9.97 Å². The molecule has 1 fully saturated rings. The van der Waals surface area contributed by atoms with Gasteiger partial charge < -0.3 is 14.4 Å². The van der Waals surface area contributed by atoms with Gasteiger partial charge in [-0.05, 0) is 25.0 Å². The van der Waals surface area contributed by atoms with E-state index in [-0.39, 0.29) is 30.7 Å². The predicted molar refractivity (Wildman–Crippen MR) is 98.1 cm³/mol. The van der Waals surface area contributed by atoms with Gasteiger partial charge in [0.25, 0.3) is 0 Å². The molecule has 0 radical (unpaired) electrons. The van der Waals surface area contributed by atoms with Gasteiger partial charge in [-0.3, -0.25) is 9.78 Å². The minimum Gasteiger partial charge on any atom is -0.469 e. The highest BCUT2D eigenvalue weighted by molar-refractivity contribution is 5.70. The molecule has 156 valence electrons. The Morgan fingerprint density at radius 2 is 2.21 bits per heavy atom. The maximum atomic E-state index is 13.5. The Balaban J connectivity index is 1.98. The van der Waals surface area contributed by atoms with E-state index in [1.165, 1.54) is 19.5 Å². The van der Waals surface area contributed by atoms with Crippen molar-refractivity contribution in [1.29, 1.82) is 0 Å². The van der Waals surface area contributed by atoms with Crippen molar-refractivity contribution < 1.29 is 27.4 Å². The fourth-order valence-corrected chi connectivity index (χ4v) is 3.03. The van der Waals surface area contributed by atoms with Gasteiger partial charge in [0.15, 0.2) is 11.5 Å². The summed E-state index contributed by atoms with van der Waals surface area (Å²) in [5, 5.41) is 0. The predicted octanol–water partition coefficient (Wildman–Crippen LogP) is 3.11. The molecule has 3 heterocycles. The Morgan fingerprint density at radius 1 is 1.38 bits per heavy atom. The Labute approximate surface area is 165 Å². The first kappa shape index (κ1) is 21.0. The lowest BCUT2D eigenvalue weighted by molar-refractivity contribution is -0.141. The van der Waals surface area contributed by atoms with Crippen molar-refractivity contribution in [2.75, 3.05) is 31.7 Å². The second-order valence-electron chi connectivity index (χ2n) is 6.58. The first-order chi connectivity index (χ1) is 13.9. The summed E-state index contributed by atoms with van der Waals surface area (Å²) >= 11 is 0. The summed E-state index contributed by atoms with van der Waals surface area (Å²) in [6.45, 7) is 1.07. The summed E-state index contributed by atoms with van der Waals surface area (Å²) in [6.07, 6.45) is -0.187. The zero-order valence-corrected chi connectivity index (χ0v) is 15.9. The lowest BCUT2D eigenvalue weighted by Gasteiger charge is -2.27. The first-order valence-corrected chi connectivity index (χ1v) is 9.17. The van der Waals surface area contributed by atoms with Gasteiger partial charge in [0.05, 0.1) is 19.6 Å². The number of esters is 1. The number of pyridine rings is 1. The Kier molecular flexibility index (Phi) is 6.63. The molecule has 2 aromatic rings. The smallest absolute Gasteiger partial charge is 0.433 e. The van der Waals surface area contributed by atoms with E-state index in [0.29, 0.717) is 18.7 Å². The molecule has 3 rings (SSSR count). The SMILES string of the molecule is COC(=O)CCN(CC1CCCO1)c1cc(C(F)(F)F)nc(-c2cccnc2)n1. The molecular weight excluding hydrogens is 389 g/mol. The van der Waals surface area contributed by atoms with Gasteiger partial charge in [-0.15, -0.1) is 0 Å². The molecule has 1 atom stereocenters. The van der Waals surface area contributed by atoms with Crippen LogP contribution < -0.4 is 4.90 Å². The molecule has 7 nitrogen and oxygen atoms in total. The maximum absolute atomic E-state index is 13.5. The summed E-state index contributed by atoms with van der Waals surface area (Å²) in [4.78, 5) is 25.1. The monoisotopic (exact) mass is 410 g/mol. The highest BCUT2D eigenvalue weighted by Crippen LogP contribution is 2.32. The summed E-state index contributed by atoms with van der Waals surface area (Å²) < 4.78 is 50.7. The molecule has 1 unspecified atom stereocenters. The fourth-order valence-electron chi connectivity index (χ4n) is 3.03. The fraction of sp³-hybridized carbons (Fsp3) is 0.474. The number of carbonyl (C=O) groups excluding carboxylic acids is 1. The summed E-state index contributed by atoms with van der Waals surface area (Å²) in [5.74, 6) is -0.469. The second-order valence-corrected chi connectivity index (χ2v) is 6.58. The zero-order valence-electron chi connectivity index (χ0n) is 15.9. The van der Waals surface area contributed by atoms with Crippen molar-refractivity contribution in [3.8, 4) is 11.4 Å². The van der Waals surface area contributed by atoms with Crippen LogP contribution in [0.5, 0.6) is 0 Å². The molecule has 0 aromatic carbocycles. The van der Waals surface area contributed by atoms with Crippen LogP contribution in [0.3, 0.4) is 0 Å². The quantitative estimate of drug-likeness (QED) is 0.649. The van der Waals surface area contributed by atoms with E-state index < -0.39 is 17.8 Å². The van der Waals surface area contributed by atoms with Crippen LogP contribution in [0, 0.1) is 0 Å². The van der Waals surface area contributed by atoms with Crippen LogP contribution in [-0.4, -0.2) is 53.8 Å². The topological polar surface area (TPSA) is 77.4 Å². The number of aromatic nitrogens is 3. The molecule has 0 spiro atoms. The largest absolute Gasteiger partial charge is 0.469 e. The van der Waals surface area contributed by atoms with Crippen LogP contribution >= 0.6 is 0 Å². The Hall–Kier alpha value is -2.75. The molecule has 0 amide bonds. The third-order valence-electron chi connectivity index (χ3n) is 4.51. The third kappa shape index (κ3) is 5.63. The van der Waals surface area contributed by atoms with E-state index in [1.807, 2.05) is 0 Å². The average molecular weight is 410 g/mol. The minimum absolute atomic E-state index is 0.0107. The van der Waals surface area contributed by atoms with Gasteiger partial charge in [0.2, 0.25) is 0 Å². The molecule has 1 aliphatic rings. The average Bonchev–Trinajstić information content (AvgIpc) is 3.23. The van der Waals surface area contributed by atoms with E-state index in [2.05, 4.69) is 19.7 Å². The van der Waals surface area contributed by atoms with Crippen molar-refractivity contribution in [2.24, 2.45) is 0 Å².